The normalized spacial score (nSPS) is 27.7. The molecule has 0 unspecified atom stereocenters. The van der Waals surface area contributed by atoms with E-state index in [0.29, 0.717) is 24.1 Å². The van der Waals surface area contributed by atoms with Crippen LogP contribution in [0.5, 0.6) is 0 Å². The molecule has 5 nitrogen and oxygen atoms in total. The Morgan fingerprint density at radius 2 is 1.85 bits per heavy atom. The largest absolute Gasteiger partial charge is 0.331 e. The first-order chi connectivity index (χ1) is 13.1. The Morgan fingerprint density at radius 1 is 1.11 bits per heavy atom. The van der Waals surface area contributed by atoms with E-state index in [9.17, 15) is 14.0 Å². The summed E-state index contributed by atoms with van der Waals surface area (Å²) in [6.45, 7) is 3.46. The third-order valence-corrected chi connectivity index (χ3v) is 6.68. The van der Waals surface area contributed by atoms with Gasteiger partial charge in [-0.25, -0.2) is 4.39 Å². The van der Waals surface area contributed by atoms with E-state index in [1.807, 2.05) is 4.90 Å². The monoisotopic (exact) mass is 374 g/mol. The van der Waals surface area contributed by atoms with Crippen LogP contribution in [0.4, 0.5) is 10.1 Å². The van der Waals surface area contributed by atoms with Crippen molar-refractivity contribution in [3.63, 3.8) is 0 Å². The molecule has 0 aromatic heterocycles. The van der Waals surface area contributed by atoms with Gasteiger partial charge in [0, 0.05) is 12.1 Å². The highest BCUT2D eigenvalue weighted by atomic mass is 19.1. The van der Waals surface area contributed by atoms with Crippen LogP contribution in [0.25, 0.3) is 0 Å². The molecule has 2 saturated carbocycles. The average Bonchev–Trinajstić information content (AvgIpc) is 3.27. The highest BCUT2D eigenvalue weighted by molar-refractivity contribution is 5.91. The van der Waals surface area contributed by atoms with Crippen LogP contribution < -0.4 is 10.2 Å². The number of fused-ring (bicyclic) bond motifs is 2. The number of quaternary nitrogens is 1. The zero-order valence-corrected chi connectivity index (χ0v) is 15.8. The van der Waals surface area contributed by atoms with Gasteiger partial charge < -0.3 is 15.1 Å². The average molecular weight is 374 g/mol. The molecule has 1 heterocycles. The van der Waals surface area contributed by atoms with Gasteiger partial charge in [-0.15, -0.1) is 0 Å². The molecule has 3 atom stereocenters. The van der Waals surface area contributed by atoms with Crippen molar-refractivity contribution in [1.29, 1.82) is 0 Å². The second-order valence-corrected chi connectivity index (χ2v) is 8.50. The highest BCUT2D eigenvalue weighted by Gasteiger charge is 2.41. The maximum atomic E-state index is 12.9. The lowest BCUT2D eigenvalue weighted by atomic mass is 9.86. The molecule has 3 aliphatic rings. The Balaban J connectivity index is 1.19. The van der Waals surface area contributed by atoms with Gasteiger partial charge in [-0.05, 0) is 61.3 Å². The van der Waals surface area contributed by atoms with Gasteiger partial charge in [-0.2, -0.15) is 0 Å². The third-order valence-electron chi connectivity index (χ3n) is 6.68. The molecule has 0 spiro atoms. The van der Waals surface area contributed by atoms with Gasteiger partial charge in [0.05, 0.1) is 26.2 Å². The molecule has 27 heavy (non-hydrogen) atoms. The van der Waals surface area contributed by atoms with Gasteiger partial charge in [-0.1, -0.05) is 6.42 Å². The van der Waals surface area contributed by atoms with E-state index < -0.39 is 0 Å². The first kappa shape index (κ1) is 18.4. The molecule has 1 aliphatic heterocycles. The number of rotatable bonds is 5. The number of piperazine rings is 1. The minimum atomic E-state index is -0.315. The van der Waals surface area contributed by atoms with Crippen LogP contribution in [0.3, 0.4) is 0 Å². The van der Waals surface area contributed by atoms with Crippen molar-refractivity contribution in [1.82, 2.24) is 4.90 Å². The Morgan fingerprint density at radius 3 is 2.48 bits per heavy atom. The van der Waals surface area contributed by atoms with E-state index in [-0.39, 0.29) is 11.7 Å². The van der Waals surface area contributed by atoms with Crippen LogP contribution in [0.15, 0.2) is 24.3 Å². The number of benzene rings is 1. The third kappa shape index (κ3) is 4.49. The molecule has 2 amide bonds. The van der Waals surface area contributed by atoms with Crippen molar-refractivity contribution in [3.8, 4) is 0 Å². The zero-order valence-electron chi connectivity index (χ0n) is 15.8. The molecular formula is C21H29FN3O2+. The summed E-state index contributed by atoms with van der Waals surface area (Å²) in [5, 5.41) is 2.81. The molecule has 1 saturated heterocycles. The Kier molecular flexibility index (Phi) is 5.43. The van der Waals surface area contributed by atoms with E-state index in [1.165, 1.54) is 42.7 Å². The first-order valence-electron chi connectivity index (χ1n) is 10.2. The summed E-state index contributed by atoms with van der Waals surface area (Å²) in [4.78, 5) is 28.0. The number of nitrogens with one attached hydrogen (secondary N) is 2. The van der Waals surface area contributed by atoms with Gasteiger partial charge >= 0.3 is 0 Å². The lowest BCUT2D eigenvalue weighted by Gasteiger charge is -2.33. The molecule has 1 aromatic rings. The molecule has 1 aromatic carbocycles. The molecule has 0 radical (unpaired) electrons. The maximum absolute atomic E-state index is 12.9. The van der Waals surface area contributed by atoms with Crippen molar-refractivity contribution >= 4 is 17.5 Å². The number of hydrogen-bond acceptors (Lipinski definition) is 2. The smallest absolute Gasteiger partial charge is 0.279 e. The van der Waals surface area contributed by atoms with Crippen molar-refractivity contribution < 1.29 is 18.9 Å². The van der Waals surface area contributed by atoms with E-state index in [2.05, 4.69) is 5.32 Å². The summed E-state index contributed by atoms with van der Waals surface area (Å²) in [6, 6.07) is 5.80. The topological polar surface area (TPSA) is 53.9 Å². The van der Waals surface area contributed by atoms with Crippen LogP contribution >= 0.6 is 0 Å². The van der Waals surface area contributed by atoms with Crippen LogP contribution in [0.2, 0.25) is 0 Å². The summed E-state index contributed by atoms with van der Waals surface area (Å²) < 4.78 is 12.9. The quantitative estimate of drug-likeness (QED) is 0.817. The summed E-state index contributed by atoms with van der Waals surface area (Å²) >= 11 is 0. The first-order valence-corrected chi connectivity index (χ1v) is 10.2. The zero-order chi connectivity index (χ0) is 18.8. The number of carbonyl (C=O) groups excluding carboxylic acids is 2. The predicted molar refractivity (Wildman–Crippen MR) is 101 cm³/mol. The van der Waals surface area contributed by atoms with Crippen LogP contribution in [-0.4, -0.2) is 49.4 Å². The van der Waals surface area contributed by atoms with E-state index >= 15 is 0 Å². The number of nitrogens with zero attached hydrogens (tertiary/aromatic N) is 1. The van der Waals surface area contributed by atoms with Crippen molar-refractivity contribution in [2.45, 2.75) is 32.1 Å². The molecule has 2 aliphatic carbocycles. The van der Waals surface area contributed by atoms with Crippen LogP contribution in [-0.2, 0) is 9.59 Å². The van der Waals surface area contributed by atoms with Crippen molar-refractivity contribution in [3.05, 3.63) is 30.1 Å². The van der Waals surface area contributed by atoms with Gasteiger partial charge in [-0.3, -0.25) is 9.59 Å². The minimum absolute atomic E-state index is 0.0710. The van der Waals surface area contributed by atoms with E-state index in [1.54, 1.807) is 12.1 Å². The van der Waals surface area contributed by atoms with E-state index in [0.717, 1.165) is 44.4 Å². The number of amides is 2. The van der Waals surface area contributed by atoms with Gasteiger partial charge in [0.25, 0.3) is 5.91 Å². The molecule has 3 fully saturated rings. The van der Waals surface area contributed by atoms with Crippen LogP contribution in [0.1, 0.15) is 32.1 Å². The summed E-state index contributed by atoms with van der Waals surface area (Å²) in [7, 11) is 0. The Hall–Kier alpha value is -1.95. The number of hydrogen-bond donors (Lipinski definition) is 2. The second-order valence-electron chi connectivity index (χ2n) is 8.50. The van der Waals surface area contributed by atoms with Crippen LogP contribution in [0, 0.1) is 23.6 Å². The number of anilines is 1. The molecule has 146 valence electrons. The number of carbonyl (C=O) groups is 2. The SMILES string of the molecule is O=C(C[NH+]1CCN(C(=O)C[C@@H]2C[C@H]3CC[C@@H]2C3)CC1)Nc1ccc(F)cc1. The van der Waals surface area contributed by atoms with Gasteiger partial charge in [0.1, 0.15) is 5.82 Å². The van der Waals surface area contributed by atoms with E-state index in [4.69, 9.17) is 0 Å². The Bertz CT molecular complexity index is 685. The molecule has 2 bridgehead atoms. The van der Waals surface area contributed by atoms with Gasteiger partial charge in [0.2, 0.25) is 5.91 Å². The fraction of sp³-hybridized carbons (Fsp3) is 0.619. The van der Waals surface area contributed by atoms with Crippen molar-refractivity contribution in [2.24, 2.45) is 17.8 Å². The summed E-state index contributed by atoms with van der Waals surface area (Å²) in [6.07, 6.45) is 6.02. The fourth-order valence-electron chi connectivity index (χ4n) is 5.19. The molecule has 4 rings (SSSR count). The standard InChI is InChI=1S/C21H28FN3O2/c22-18-3-5-19(6-4-18)23-20(26)14-24-7-9-25(10-8-24)21(27)13-17-12-15-1-2-16(17)11-15/h3-6,15-17H,1-2,7-14H2,(H,23,26)/p+1/t15-,16+,17-/m0/s1. The summed E-state index contributed by atoms with van der Waals surface area (Å²) in [5.74, 6) is 2.21. The lowest BCUT2D eigenvalue weighted by Crippen LogP contribution is -3.15. The van der Waals surface area contributed by atoms with Gasteiger partial charge in [0.15, 0.2) is 6.54 Å². The predicted octanol–water partition coefficient (Wildman–Crippen LogP) is 1.32. The lowest BCUT2D eigenvalue weighted by molar-refractivity contribution is -0.895. The maximum Gasteiger partial charge on any atom is 0.279 e. The minimum Gasteiger partial charge on any atom is -0.331 e. The highest BCUT2D eigenvalue weighted by Crippen LogP contribution is 2.49. The molecule has 2 N–H and O–H groups in total. The summed E-state index contributed by atoms with van der Waals surface area (Å²) in [5.41, 5.74) is 0.612. The molecular weight excluding hydrogens is 345 g/mol. The Labute approximate surface area is 159 Å². The molecule has 6 heteroatoms. The van der Waals surface area contributed by atoms with Crippen molar-refractivity contribution in [2.75, 3.05) is 38.0 Å². The fourth-order valence-corrected chi connectivity index (χ4v) is 5.19. The second kappa shape index (κ2) is 7.97. The number of halogens is 1.